The molecule has 2 amide bonds. The number of amides is 2. The molecule has 25 heavy (non-hydrogen) atoms. The Morgan fingerprint density at radius 2 is 1.52 bits per heavy atom. The highest BCUT2D eigenvalue weighted by molar-refractivity contribution is 5.94. The van der Waals surface area contributed by atoms with Crippen molar-refractivity contribution in [3.8, 4) is 5.75 Å². The van der Waals surface area contributed by atoms with Gasteiger partial charge in [0, 0.05) is 18.3 Å². The molecule has 5 heteroatoms. The van der Waals surface area contributed by atoms with Gasteiger partial charge in [0.15, 0.2) is 6.10 Å². The molecule has 2 aromatic rings. The fourth-order valence-electron chi connectivity index (χ4n) is 2.45. The lowest BCUT2D eigenvalue weighted by atomic mass is 10.1. The molecule has 0 saturated heterocycles. The van der Waals surface area contributed by atoms with Gasteiger partial charge in [0.05, 0.1) is 0 Å². The van der Waals surface area contributed by atoms with E-state index in [2.05, 4.69) is 16.7 Å². The smallest absolute Gasteiger partial charge is 0.265 e. The standard InChI is InChI=1S/C20H24N2O3/c1-12-10-13(2)14(3)19(11-12)25-15(4)20(24)22-18-8-6-17(7-9-18)21-16(5)23/h6-11,15H,1-5H3,(H,21,23)(H,22,24)/t15-/m1/s1. The van der Waals surface area contributed by atoms with Gasteiger partial charge in [-0.3, -0.25) is 9.59 Å². The number of hydrogen-bond donors (Lipinski definition) is 2. The average Bonchev–Trinajstić information content (AvgIpc) is 2.53. The van der Waals surface area contributed by atoms with Gasteiger partial charge < -0.3 is 15.4 Å². The van der Waals surface area contributed by atoms with Crippen LogP contribution in [-0.4, -0.2) is 17.9 Å². The predicted molar refractivity (Wildman–Crippen MR) is 100 cm³/mol. The first-order valence-corrected chi connectivity index (χ1v) is 8.19. The highest BCUT2D eigenvalue weighted by Gasteiger charge is 2.16. The van der Waals surface area contributed by atoms with Crippen LogP contribution in [0.15, 0.2) is 36.4 Å². The minimum absolute atomic E-state index is 0.136. The summed E-state index contributed by atoms with van der Waals surface area (Å²) in [6, 6.07) is 11.0. The summed E-state index contributed by atoms with van der Waals surface area (Å²) < 4.78 is 5.85. The summed E-state index contributed by atoms with van der Waals surface area (Å²) in [5, 5.41) is 5.50. The average molecular weight is 340 g/mol. The van der Waals surface area contributed by atoms with Crippen molar-refractivity contribution in [1.29, 1.82) is 0 Å². The van der Waals surface area contributed by atoms with E-state index in [1.165, 1.54) is 6.92 Å². The third-order valence-corrected chi connectivity index (χ3v) is 3.91. The Hall–Kier alpha value is -2.82. The lowest BCUT2D eigenvalue weighted by Crippen LogP contribution is -2.30. The number of hydrogen-bond acceptors (Lipinski definition) is 3. The van der Waals surface area contributed by atoms with Gasteiger partial charge in [-0.1, -0.05) is 6.07 Å². The SMILES string of the molecule is CC(=O)Nc1ccc(NC(=O)[C@@H](C)Oc2cc(C)cc(C)c2C)cc1. The molecule has 1 atom stereocenters. The number of anilines is 2. The van der Waals surface area contributed by atoms with Crippen molar-refractivity contribution in [2.45, 2.75) is 40.7 Å². The Bertz CT molecular complexity index is 782. The summed E-state index contributed by atoms with van der Waals surface area (Å²) in [5.41, 5.74) is 4.59. The number of benzene rings is 2. The predicted octanol–water partition coefficient (Wildman–Crippen LogP) is 3.98. The maximum atomic E-state index is 12.4. The highest BCUT2D eigenvalue weighted by Crippen LogP contribution is 2.24. The van der Waals surface area contributed by atoms with E-state index in [0.717, 1.165) is 22.4 Å². The molecule has 2 N–H and O–H groups in total. The van der Waals surface area contributed by atoms with Crippen LogP contribution < -0.4 is 15.4 Å². The van der Waals surface area contributed by atoms with Gasteiger partial charge in [-0.25, -0.2) is 0 Å². The third kappa shape index (κ3) is 5.08. The topological polar surface area (TPSA) is 67.4 Å². The number of rotatable bonds is 5. The number of aryl methyl sites for hydroxylation is 2. The summed E-state index contributed by atoms with van der Waals surface area (Å²) in [6.07, 6.45) is -0.630. The molecular formula is C20H24N2O3. The Balaban J connectivity index is 2.02. The molecule has 2 aromatic carbocycles. The van der Waals surface area contributed by atoms with Crippen LogP contribution in [0.25, 0.3) is 0 Å². The Kier molecular flexibility index (Phi) is 5.80. The summed E-state index contributed by atoms with van der Waals surface area (Å²) in [6.45, 7) is 9.18. The molecule has 132 valence electrons. The molecule has 0 aromatic heterocycles. The molecule has 0 spiro atoms. The highest BCUT2D eigenvalue weighted by atomic mass is 16.5. The van der Waals surface area contributed by atoms with E-state index in [1.54, 1.807) is 31.2 Å². The maximum absolute atomic E-state index is 12.4. The first kappa shape index (κ1) is 18.5. The van der Waals surface area contributed by atoms with Gasteiger partial charge in [0.2, 0.25) is 5.91 Å². The molecule has 5 nitrogen and oxygen atoms in total. The van der Waals surface area contributed by atoms with Crippen LogP contribution in [0.3, 0.4) is 0 Å². The largest absolute Gasteiger partial charge is 0.481 e. The molecule has 0 fully saturated rings. The number of carbonyl (C=O) groups excluding carboxylic acids is 2. The second-order valence-electron chi connectivity index (χ2n) is 6.21. The van der Waals surface area contributed by atoms with Crippen LogP contribution in [0.5, 0.6) is 5.75 Å². The van der Waals surface area contributed by atoms with Crippen LogP contribution in [0.2, 0.25) is 0 Å². The van der Waals surface area contributed by atoms with Crippen LogP contribution in [0, 0.1) is 20.8 Å². The van der Waals surface area contributed by atoms with Crippen molar-refractivity contribution in [2.24, 2.45) is 0 Å². The molecule has 0 aliphatic rings. The zero-order valence-electron chi connectivity index (χ0n) is 15.3. The number of ether oxygens (including phenoxy) is 1. The van der Waals surface area contributed by atoms with E-state index in [-0.39, 0.29) is 11.8 Å². The zero-order valence-corrected chi connectivity index (χ0v) is 15.3. The van der Waals surface area contributed by atoms with E-state index in [4.69, 9.17) is 4.74 Å². The van der Waals surface area contributed by atoms with Crippen molar-refractivity contribution in [3.05, 3.63) is 53.1 Å². The molecule has 0 radical (unpaired) electrons. The first-order valence-electron chi connectivity index (χ1n) is 8.19. The van der Waals surface area contributed by atoms with E-state index in [0.29, 0.717) is 11.4 Å². The van der Waals surface area contributed by atoms with Crippen molar-refractivity contribution >= 4 is 23.2 Å². The van der Waals surface area contributed by atoms with Crippen LogP contribution >= 0.6 is 0 Å². The van der Waals surface area contributed by atoms with Crippen LogP contribution in [0.4, 0.5) is 11.4 Å². The Labute approximate surface area is 148 Å². The first-order chi connectivity index (χ1) is 11.8. The van der Waals surface area contributed by atoms with E-state index >= 15 is 0 Å². The molecular weight excluding hydrogens is 316 g/mol. The lowest BCUT2D eigenvalue weighted by molar-refractivity contribution is -0.122. The van der Waals surface area contributed by atoms with Crippen molar-refractivity contribution in [2.75, 3.05) is 10.6 Å². The molecule has 0 unspecified atom stereocenters. The molecule has 0 heterocycles. The maximum Gasteiger partial charge on any atom is 0.265 e. The monoisotopic (exact) mass is 340 g/mol. The lowest BCUT2D eigenvalue weighted by Gasteiger charge is -2.18. The molecule has 0 bridgehead atoms. The minimum atomic E-state index is -0.630. The minimum Gasteiger partial charge on any atom is -0.481 e. The fraction of sp³-hybridized carbons (Fsp3) is 0.300. The van der Waals surface area contributed by atoms with E-state index in [1.807, 2.05) is 26.8 Å². The second-order valence-corrected chi connectivity index (χ2v) is 6.21. The fourth-order valence-corrected chi connectivity index (χ4v) is 2.45. The third-order valence-electron chi connectivity index (χ3n) is 3.91. The Morgan fingerprint density at radius 3 is 2.08 bits per heavy atom. The summed E-state index contributed by atoms with van der Waals surface area (Å²) >= 11 is 0. The van der Waals surface area contributed by atoms with E-state index < -0.39 is 6.10 Å². The zero-order chi connectivity index (χ0) is 18.6. The summed E-state index contributed by atoms with van der Waals surface area (Å²) in [7, 11) is 0. The van der Waals surface area contributed by atoms with Crippen molar-refractivity contribution in [1.82, 2.24) is 0 Å². The Morgan fingerprint density at radius 1 is 0.960 bits per heavy atom. The molecule has 0 aliphatic carbocycles. The summed E-state index contributed by atoms with van der Waals surface area (Å²) in [5.74, 6) is 0.356. The number of nitrogens with one attached hydrogen (secondary N) is 2. The number of carbonyl (C=O) groups is 2. The van der Waals surface area contributed by atoms with Crippen molar-refractivity contribution in [3.63, 3.8) is 0 Å². The van der Waals surface area contributed by atoms with Crippen LogP contribution in [0.1, 0.15) is 30.5 Å². The molecule has 0 saturated carbocycles. The quantitative estimate of drug-likeness (QED) is 0.865. The molecule has 2 rings (SSSR count). The van der Waals surface area contributed by atoms with Gasteiger partial charge >= 0.3 is 0 Å². The molecule has 0 aliphatic heterocycles. The second kappa shape index (κ2) is 7.83. The van der Waals surface area contributed by atoms with Gasteiger partial charge in [0.25, 0.3) is 5.91 Å². The van der Waals surface area contributed by atoms with Crippen LogP contribution in [-0.2, 0) is 9.59 Å². The normalized spacial score (nSPS) is 11.6. The van der Waals surface area contributed by atoms with Crippen molar-refractivity contribution < 1.29 is 14.3 Å². The van der Waals surface area contributed by atoms with Gasteiger partial charge in [-0.2, -0.15) is 0 Å². The van der Waals surface area contributed by atoms with Gasteiger partial charge in [0.1, 0.15) is 5.75 Å². The van der Waals surface area contributed by atoms with Gasteiger partial charge in [-0.05, 0) is 74.7 Å². The van der Waals surface area contributed by atoms with Gasteiger partial charge in [-0.15, -0.1) is 0 Å². The van der Waals surface area contributed by atoms with E-state index in [9.17, 15) is 9.59 Å². The summed E-state index contributed by atoms with van der Waals surface area (Å²) in [4.78, 5) is 23.4.